The zero-order valence-corrected chi connectivity index (χ0v) is 32.9. The van der Waals surface area contributed by atoms with Gasteiger partial charge in [-0.05, 0) is 95.4 Å². The van der Waals surface area contributed by atoms with Crippen LogP contribution in [0.3, 0.4) is 0 Å². The zero-order chi connectivity index (χ0) is 39.8. The van der Waals surface area contributed by atoms with Crippen molar-refractivity contribution in [2.75, 3.05) is 10.2 Å². The summed E-state index contributed by atoms with van der Waals surface area (Å²) in [6, 6.07) is 73.6. The van der Waals surface area contributed by atoms with Gasteiger partial charge in [-0.1, -0.05) is 146 Å². The van der Waals surface area contributed by atoms with Crippen LogP contribution in [0.2, 0.25) is 0 Å². The molecule has 0 saturated carbocycles. The number of hydrogen-bond donors (Lipinski definition) is 1. The Hall–Kier alpha value is -7.82. The fourth-order valence-electron chi connectivity index (χ4n) is 9.91. The monoisotopic (exact) mass is 770 g/mol. The smallest absolute Gasteiger partial charge is 0.159 e. The van der Waals surface area contributed by atoms with Crippen molar-refractivity contribution in [3.63, 3.8) is 0 Å². The number of rotatable bonds is 7. The molecule has 0 unspecified atom stereocenters. The Morgan fingerprint density at radius 2 is 0.983 bits per heavy atom. The van der Waals surface area contributed by atoms with Gasteiger partial charge in [0.25, 0.3) is 0 Å². The first-order valence-electron chi connectivity index (χ1n) is 20.5. The molecule has 9 aromatic carbocycles. The Labute approximate surface area is 347 Å². The third-order valence-electron chi connectivity index (χ3n) is 12.3. The first kappa shape index (κ1) is 34.2. The van der Waals surface area contributed by atoms with Gasteiger partial charge in [0.15, 0.2) is 5.58 Å². The van der Waals surface area contributed by atoms with E-state index >= 15 is 0 Å². The summed E-state index contributed by atoms with van der Waals surface area (Å²) in [6.07, 6.45) is 0. The average molecular weight is 771 g/mol. The second-order valence-corrected chi connectivity index (χ2v) is 15.8. The van der Waals surface area contributed by atoms with Crippen LogP contribution in [-0.4, -0.2) is 0 Å². The molecule has 1 N–H and O–H groups in total. The summed E-state index contributed by atoms with van der Waals surface area (Å²) in [6.45, 7) is 2.16. The number of aryl methyl sites for hydroxylation is 1. The van der Waals surface area contributed by atoms with Gasteiger partial charge in [0.1, 0.15) is 16.7 Å². The largest absolute Gasteiger partial charge is 0.455 e. The van der Waals surface area contributed by atoms with Gasteiger partial charge < -0.3 is 19.1 Å². The molecule has 2 aromatic heterocycles. The molecule has 284 valence electrons. The Bertz CT molecular complexity index is 3370. The van der Waals surface area contributed by atoms with Crippen LogP contribution in [0.1, 0.15) is 27.8 Å². The number of hydrogen-bond acceptors (Lipinski definition) is 4. The van der Waals surface area contributed by atoms with Gasteiger partial charge in [0, 0.05) is 44.3 Å². The summed E-state index contributed by atoms with van der Waals surface area (Å²) in [4.78, 5) is 2.41. The molecule has 0 amide bonds. The molecule has 1 aliphatic rings. The second-order valence-electron chi connectivity index (χ2n) is 15.8. The van der Waals surface area contributed by atoms with Crippen LogP contribution in [0.5, 0.6) is 0 Å². The lowest BCUT2D eigenvalue weighted by molar-refractivity contribution is 0.669. The maximum absolute atomic E-state index is 7.29. The van der Waals surface area contributed by atoms with Crippen LogP contribution in [0, 0.1) is 6.92 Å². The lowest BCUT2D eigenvalue weighted by Gasteiger charge is -2.35. The molecule has 0 radical (unpaired) electrons. The van der Waals surface area contributed by atoms with E-state index in [2.05, 4.69) is 217 Å². The van der Waals surface area contributed by atoms with E-state index in [1.807, 2.05) is 6.07 Å². The van der Waals surface area contributed by atoms with E-state index in [1.54, 1.807) is 0 Å². The van der Waals surface area contributed by atoms with E-state index in [9.17, 15) is 0 Å². The van der Waals surface area contributed by atoms with Gasteiger partial charge in [-0.15, -0.1) is 0 Å². The average Bonchev–Trinajstić information content (AvgIpc) is 3.97. The third kappa shape index (κ3) is 4.98. The third-order valence-corrected chi connectivity index (χ3v) is 12.3. The van der Waals surface area contributed by atoms with Crippen molar-refractivity contribution in [2.24, 2.45) is 0 Å². The molecule has 12 rings (SSSR count). The van der Waals surface area contributed by atoms with Crippen molar-refractivity contribution in [3.8, 4) is 11.1 Å². The van der Waals surface area contributed by atoms with Gasteiger partial charge in [0.2, 0.25) is 0 Å². The van der Waals surface area contributed by atoms with Crippen molar-refractivity contribution in [2.45, 2.75) is 12.3 Å². The zero-order valence-electron chi connectivity index (χ0n) is 32.9. The number of fused-ring (bicyclic) bond motifs is 11. The Morgan fingerprint density at radius 1 is 0.450 bits per heavy atom. The molecule has 0 aliphatic heterocycles. The molecule has 4 nitrogen and oxygen atoms in total. The van der Waals surface area contributed by atoms with Gasteiger partial charge in [0.05, 0.1) is 22.2 Å². The van der Waals surface area contributed by atoms with Gasteiger partial charge >= 0.3 is 0 Å². The lowest BCUT2D eigenvalue weighted by atomic mass is 9.67. The Kier molecular flexibility index (Phi) is 7.63. The van der Waals surface area contributed by atoms with E-state index in [0.29, 0.717) is 0 Å². The molecule has 0 saturated heterocycles. The second kappa shape index (κ2) is 13.4. The number of furan rings is 2. The molecule has 2 heterocycles. The first-order valence-corrected chi connectivity index (χ1v) is 20.5. The molecule has 60 heavy (non-hydrogen) atoms. The number of anilines is 5. The summed E-state index contributed by atoms with van der Waals surface area (Å²) < 4.78 is 14.2. The molecule has 0 fully saturated rings. The fourth-order valence-corrected chi connectivity index (χ4v) is 9.91. The van der Waals surface area contributed by atoms with Crippen LogP contribution in [-0.2, 0) is 5.41 Å². The topological polar surface area (TPSA) is 41.6 Å². The van der Waals surface area contributed by atoms with E-state index < -0.39 is 5.41 Å². The van der Waals surface area contributed by atoms with Crippen molar-refractivity contribution in [1.29, 1.82) is 0 Å². The maximum atomic E-state index is 7.29. The number of benzene rings is 9. The summed E-state index contributed by atoms with van der Waals surface area (Å²) in [5, 5.41) is 8.06. The Balaban J connectivity index is 1.33. The van der Waals surface area contributed by atoms with E-state index in [1.165, 1.54) is 5.56 Å². The molecule has 11 aromatic rings. The van der Waals surface area contributed by atoms with Crippen molar-refractivity contribution < 1.29 is 8.83 Å². The van der Waals surface area contributed by atoms with Gasteiger partial charge in [-0.25, -0.2) is 0 Å². The number of nitrogens with one attached hydrogen (secondary N) is 1. The highest BCUT2D eigenvalue weighted by Gasteiger charge is 2.50. The van der Waals surface area contributed by atoms with E-state index in [0.717, 1.165) is 106 Å². The summed E-state index contributed by atoms with van der Waals surface area (Å²) in [7, 11) is 0. The molecule has 0 bridgehead atoms. The van der Waals surface area contributed by atoms with Gasteiger partial charge in [-0.3, -0.25) is 0 Å². The summed E-state index contributed by atoms with van der Waals surface area (Å²) in [5.74, 6) is 0. The maximum Gasteiger partial charge on any atom is 0.159 e. The highest BCUT2D eigenvalue weighted by Crippen LogP contribution is 2.63. The van der Waals surface area contributed by atoms with Crippen LogP contribution in [0.4, 0.5) is 28.4 Å². The molecule has 4 heteroatoms. The predicted molar refractivity (Wildman–Crippen MR) is 247 cm³/mol. The Morgan fingerprint density at radius 3 is 1.63 bits per heavy atom. The van der Waals surface area contributed by atoms with Crippen molar-refractivity contribution in [3.05, 3.63) is 234 Å². The standard InChI is InChI=1S/C56H38N2O2/c1-36-19-18-28-41(33-36)58(40-26-12-5-13-27-40)47-35-45-53(55-50(47)42-29-14-16-31-48(42)60-55)52-44(56(45,37-20-6-2-7-21-37)38-22-8-3-9-23-38)34-46(57-39-24-10-4-11-25-39)54-51(52)43-30-15-17-32-49(43)59-54/h2-35,57H,1H3. The van der Waals surface area contributed by atoms with Crippen LogP contribution in [0.25, 0.3) is 55.0 Å². The molecule has 0 spiro atoms. The van der Waals surface area contributed by atoms with Crippen molar-refractivity contribution in [1.82, 2.24) is 0 Å². The highest BCUT2D eigenvalue weighted by atomic mass is 16.3. The summed E-state index contributed by atoms with van der Waals surface area (Å²) >= 11 is 0. The first-order chi connectivity index (χ1) is 29.7. The predicted octanol–water partition coefficient (Wildman–Crippen LogP) is 15.4. The lowest BCUT2D eigenvalue weighted by Crippen LogP contribution is -2.29. The van der Waals surface area contributed by atoms with E-state index in [-0.39, 0.29) is 0 Å². The quantitative estimate of drug-likeness (QED) is 0.175. The molecule has 0 atom stereocenters. The normalized spacial score (nSPS) is 12.9. The molecular formula is C56H38N2O2. The minimum Gasteiger partial charge on any atom is -0.455 e. The SMILES string of the molecule is Cc1cccc(N(c2ccccc2)c2cc3c(c4oc5ccccc5c24)-c2c(cc(Nc4ccccc4)c4oc5ccccc5c24)C3(c2ccccc2)c2ccccc2)c1. The molecular weight excluding hydrogens is 733 g/mol. The van der Waals surface area contributed by atoms with Crippen molar-refractivity contribution >= 4 is 72.3 Å². The van der Waals surface area contributed by atoms with Crippen LogP contribution >= 0.6 is 0 Å². The number of para-hydroxylation sites is 4. The molecule has 1 aliphatic carbocycles. The van der Waals surface area contributed by atoms with Crippen LogP contribution in [0.15, 0.2) is 215 Å². The summed E-state index contributed by atoms with van der Waals surface area (Å²) in [5.41, 5.74) is 15.6. The minimum absolute atomic E-state index is 0.774. The highest BCUT2D eigenvalue weighted by molar-refractivity contribution is 6.25. The fraction of sp³-hybridized carbons (Fsp3) is 0.0357. The minimum atomic E-state index is -0.774. The number of nitrogens with zero attached hydrogens (tertiary/aromatic N) is 1. The van der Waals surface area contributed by atoms with E-state index in [4.69, 9.17) is 8.83 Å². The van der Waals surface area contributed by atoms with Crippen LogP contribution < -0.4 is 10.2 Å². The van der Waals surface area contributed by atoms with Gasteiger partial charge in [-0.2, -0.15) is 0 Å².